The summed E-state index contributed by atoms with van der Waals surface area (Å²) >= 11 is 0. The Morgan fingerprint density at radius 2 is 2.00 bits per heavy atom. The Morgan fingerprint density at radius 3 is 2.61 bits per heavy atom. The molecule has 18 heavy (non-hydrogen) atoms. The molecular weight excluding hydrogens is 228 g/mol. The fourth-order valence-corrected chi connectivity index (χ4v) is 2.34. The van der Waals surface area contributed by atoms with Gasteiger partial charge in [-0.1, -0.05) is 12.2 Å². The van der Waals surface area contributed by atoms with E-state index in [9.17, 15) is 9.59 Å². The van der Waals surface area contributed by atoms with E-state index in [1.165, 1.54) is 0 Å². The lowest BCUT2D eigenvalue weighted by Gasteiger charge is -2.09. The molecule has 0 amide bonds. The maximum atomic E-state index is 12.1. The molecule has 0 fully saturated rings. The van der Waals surface area contributed by atoms with Gasteiger partial charge in [0.1, 0.15) is 12.0 Å². The predicted octanol–water partition coefficient (Wildman–Crippen LogP) is 3.22. The fraction of sp³-hybridized carbons (Fsp3) is 0.467. The van der Waals surface area contributed by atoms with Gasteiger partial charge in [0.05, 0.1) is 5.57 Å². The maximum absolute atomic E-state index is 12.1. The molecule has 3 nitrogen and oxygen atoms in total. The Hall–Kier alpha value is -1.64. The number of carbonyl (C=O) groups excluding carboxylic acids is 2. The van der Waals surface area contributed by atoms with Gasteiger partial charge in [-0.3, -0.25) is 0 Å². The molecule has 0 spiro atoms. The molecule has 0 bridgehead atoms. The summed E-state index contributed by atoms with van der Waals surface area (Å²) in [7, 11) is 0. The van der Waals surface area contributed by atoms with E-state index < -0.39 is 0 Å². The third kappa shape index (κ3) is 3.19. The molecule has 0 atom stereocenters. The average Bonchev–Trinajstić information content (AvgIpc) is 3.02. The highest BCUT2D eigenvalue weighted by Gasteiger charge is 2.20. The summed E-state index contributed by atoms with van der Waals surface area (Å²) in [6, 6.07) is 0. The molecule has 0 aromatic carbocycles. The Morgan fingerprint density at radius 1 is 1.22 bits per heavy atom. The van der Waals surface area contributed by atoms with Crippen LogP contribution in [0.2, 0.25) is 0 Å². The molecule has 0 aliphatic heterocycles. The van der Waals surface area contributed by atoms with Gasteiger partial charge in [0.2, 0.25) is 0 Å². The van der Waals surface area contributed by atoms with Crippen LogP contribution >= 0.6 is 0 Å². The van der Waals surface area contributed by atoms with Crippen LogP contribution in [0, 0.1) is 0 Å². The maximum Gasteiger partial charge on any atom is 0.343 e. The van der Waals surface area contributed by atoms with E-state index >= 15 is 0 Å². The van der Waals surface area contributed by atoms with Crippen LogP contribution in [-0.2, 0) is 14.3 Å². The first-order chi connectivity index (χ1) is 8.81. The molecule has 3 heteroatoms. The average molecular weight is 246 g/mol. The summed E-state index contributed by atoms with van der Waals surface area (Å²) in [5.41, 5.74) is 1.60. The van der Waals surface area contributed by atoms with Crippen LogP contribution < -0.4 is 0 Å². The van der Waals surface area contributed by atoms with Crippen molar-refractivity contribution in [3.05, 3.63) is 35.1 Å². The molecule has 0 aromatic rings. The minimum Gasteiger partial charge on any atom is -0.428 e. The molecule has 0 radical (unpaired) electrons. The minimum absolute atomic E-state index is 0.265. The normalized spacial score (nSPS) is 19.4. The van der Waals surface area contributed by atoms with Gasteiger partial charge >= 0.3 is 5.97 Å². The lowest BCUT2D eigenvalue weighted by Crippen LogP contribution is -2.09. The zero-order chi connectivity index (χ0) is 12.8. The molecule has 0 unspecified atom stereocenters. The van der Waals surface area contributed by atoms with Gasteiger partial charge in [-0.15, -0.1) is 0 Å². The largest absolute Gasteiger partial charge is 0.428 e. The third-order valence-corrected chi connectivity index (χ3v) is 3.25. The van der Waals surface area contributed by atoms with Gasteiger partial charge in [-0.05, 0) is 43.8 Å². The summed E-state index contributed by atoms with van der Waals surface area (Å²) in [5, 5.41) is 0. The monoisotopic (exact) mass is 246 g/mol. The fourth-order valence-electron chi connectivity index (χ4n) is 2.34. The van der Waals surface area contributed by atoms with Crippen molar-refractivity contribution < 1.29 is 14.3 Å². The number of esters is 1. The van der Waals surface area contributed by atoms with E-state index in [1.807, 2.05) is 6.08 Å². The summed E-state index contributed by atoms with van der Waals surface area (Å²) in [4.78, 5) is 22.6. The van der Waals surface area contributed by atoms with Crippen molar-refractivity contribution in [1.29, 1.82) is 0 Å². The van der Waals surface area contributed by atoms with E-state index in [2.05, 4.69) is 6.08 Å². The summed E-state index contributed by atoms with van der Waals surface area (Å²) in [6.07, 6.45) is 12.6. The number of hydrogen-bond donors (Lipinski definition) is 0. The third-order valence-electron chi connectivity index (χ3n) is 3.25. The molecule has 0 saturated heterocycles. The van der Waals surface area contributed by atoms with Crippen LogP contribution in [-0.4, -0.2) is 12.3 Å². The van der Waals surface area contributed by atoms with Crippen LogP contribution in [0.1, 0.15) is 44.9 Å². The lowest BCUT2D eigenvalue weighted by molar-refractivity contribution is -0.134. The van der Waals surface area contributed by atoms with E-state index in [1.54, 1.807) is 6.08 Å². The van der Waals surface area contributed by atoms with E-state index in [-0.39, 0.29) is 12.4 Å². The van der Waals surface area contributed by atoms with Gasteiger partial charge in [-0.25, -0.2) is 4.79 Å². The van der Waals surface area contributed by atoms with Crippen molar-refractivity contribution in [3.8, 4) is 0 Å². The smallest absolute Gasteiger partial charge is 0.343 e. The number of hydrogen-bond acceptors (Lipinski definition) is 3. The number of ether oxygens (including phenoxy) is 1. The molecule has 2 aliphatic carbocycles. The van der Waals surface area contributed by atoms with Crippen LogP contribution in [0.3, 0.4) is 0 Å². The van der Waals surface area contributed by atoms with Crippen molar-refractivity contribution >= 4 is 12.3 Å². The Labute approximate surface area is 107 Å². The first-order valence-corrected chi connectivity index (χ1v) is 6.55. The SMILES string of the molecule is O=CCC=C(C(=O)OC1=CCCC1)C1=CCCC1. The van der Waals surface area contributed by atoms with Crippen LogP contribution in [0.25, 0.3) is 0 Å². The van der Waals surface area contributed by atoms with Gasteiger partial charge < -0.3 is 9.53 Å². The second kappa shape index (κ2) is 6.34. The van der Waals surface area contributed by atoms with Gasteiger partial charge in [-0.2, -0.15) is 0 Å². The number of aldehydes is 1. The summed E-state index contributed by atoms with van der Waals surface area (Å²) < 4.78 is 5.38. The van der Waals surface area contributed by atoms with Crippen LogP contribution in [0.4, 0.5) is 0 Å². The Kier molecular flexibility index (Phi) is 4.51. The summed E-state index contributed by atoms with van der Waals surface area (Å²) in [5.74, 6) is 0.466. The van der Waals surface area contributed by atoms with Gasteiger partial charge in [0, 0.05) is 12.8 Å². The van der Waals surface area contributed by atoms with Crippen molar-refractivity contribution in [3.63, 3.8) is 0 Å². The highest BCUT2D eigenvalue weighted by molar-refractivity contribution is 5.94. The molecule has 2 aliphatic rings. The topological polar surface area (TPSA) is 43.4 Å². The zero-order valence-electron chi connectivity index (χ0n) is 10.5. The van der Waals surface area contributed by atoms with Crippen LogP contribution in [0.15, 0.2) is 35.1 Å². The predicted molar refractivity (Wildman–Crippen MR) is 68.7 cm³/mol. The molecule has 0 N–H and O–H groups in total. The minimum atomic E-state index is -0.307. The quantitative estimate of drug-likeness (QED) is 0.425. The molecule has 0 heterocycles. The van der Waals surface area contributed by atoms with E-state index in [0.717, 1.165) is 56.1 Å². The van der Waals surface area contributed by atoms with Crippen molar-refractivity contribution in [2.45, 2.75) is 44.9 Å². The van der Waals surface area contributed by atoms with Gasteiger partial charge in [0.15, 0.2) is 0 Å². The molecular formula is C15H18O3. The van der Waals surface area contributed by atoms with Crippen molar-refractivity contribution in [2.75, 3.05) is 0 Å². The number of rotatable bonds is 5. The number of allylic oxidation sites excluding steroid dienone is 4. The Balaban J connectivity index is 2.07. The molecule has 0 aromatic heterocycles. The highest BCUT2D eigenvalue weighted by atomic mass is 16.5. The Bertz CT molecular complexity index is 427. The van der Waals surface area contributed by atoms with Crippen molar-refractivity contribution in [1.82, 2.24) is 0 Å². The number of carbonyl (C=O) groups is 2. The van der Waals surface area contributed by atoms with Gasteiger partial charge in [0.25, 0.3) is 0 Å². The lowest BCUT2D eigenvalue weighted by atomic mass is 10.0. The first-order valence-electron chi connectivity index (χ1n) is 6.55. The second-order valence-electron chi connectivity index (χ2n) is 4.59. The summed E-state index contributed by atoms with van der Waals surface area (Å²) in [6.45, 7) is 0. The molecule has 2 rings (SSSR count). The molecule has 96 valence electrons. The van der Waals surface area contributed by atoms with Crippen molar-refractivity contribution in [2.24, 2.45) is 0 Å². The zero-order valence-corrected chi connectivity index (χ0v) is 10.5. The highest BCUT2D eigenvalue weighted by Crippen LogP contribution is 2.28. The first kappa shape index (κ1) is 12.8. The van der Waals surface area contributed by atoms with E-state index in [4.69, 9.17) is 4.74 Å². The molecule has 0 saturated carbocycles. The van der Waals surface area contributed by atoms with E-state index in [0.29, 0.717) is 5.57 Å². The van der Waals surface area contributed by atoms with Crippen LogP contribution in [0.5, 0.6) is 0 Å². The second-order valence-corrected chi connectivity index (χ2v) is 4.59. The standard InChI is InChI=1S/C15H18O3/c16-11-5-10-14(12-6-1-2-7-12)15(17)18-13-8-3-4-9-13/h6,8,10-11H,1-5,7,9H2.